The monoisotopic (exact) mass is 389 g/mol. The van der Waals surface area contributed by atoms with Gasteiger partial charge in [-0.3, -0.25) is 9.59 Å². The molecule has 0 N–H and O–H groups in total. The van der Waals surface area contributed by atoms with Crippen LogP contribution in [0.4, 0.5) is 0 Å². The van der Waals surface area contributed by atoms with E-state index in [1.807, 2.05) is 6.92 Å². The van der Waals surface area contributed by atoms with Gasteiger partial charge in [-0.25, -0.2) is 0 Å². The normalized spacial score (nSPS) is 41.1. The summed E-state index contributed by atoms with van der Waals surface area (Å²) in [6.07, 6.45) is 7.51. The number of likely N-dealkylation sites (tertiary alicyclic amines) is 1. The van der Waals surface area contributed by atoms with Gasteiger partial charge in [0.2, 0.25) is 0 Å². The van der Waals surface area contributed by atoms with Crippen molar-refractivity contribution in [3.05, 3.63) is 12.2 Å². The number of piperidine rings is 1. The first-order valence-electron chi connectivity index (χ1n) is 11.2. The van der Waals surface area contributed by atoms with E-state index in [4.69, 9.17) is 9.47 Å². The molecular weight excluding hydrogens is 354 g/mol. The van der Waals surface area contributed by atoms with E-state index in [0.717, 1.165) is 38.6 Å². The van der Waals surface area contributed by atoms with Crippen molar-refractivity contribution in [3.63, 3.8) is 0 Å². The van der Waals surface area contributed by atoms with Crippen molar-refractivity contribution in [2.24, 2.45) is 29.1 Å². The van der Waals surface area contributed by atoms with Gasteiger partial charge in [0, 0.05) is 19.0 Å². The summed E-state index contributed by atoms with van der Waals surface area (Å²) in [4.78, 5) is 27.2. The van der Waals surface area contributed by atoms with Crippen LogP contribution in [0.2, 0.25) is 0 Å². The smallest absolute Gasteiger partial charge is 0.310 e. The SMILES string of the molecule is C=C1CCC[C@@]2(C)C[C@@H]3OC(=O)[C@@H](CN4CCC[C@H](C(=O)OCC)C4)[C@H]3C[C@H]12. The molecule has 0 bridgehead atoms. The molecule has 5 heteroatoms. The second-order valence-electron chi connectivity index (χ2n) is 9.75. The summed E-state index contributed by atoms with van der Waals surface area (Å²) in [5, 5.41) is 0. The Balaban J connectivity index is 1.43. The van der Waals surface area contributed by atoms with E-state index < -0.39 is 0 Å². The Morgan fingerprint density at radius 2 is 2.21 bits per heavy atom. The number of rotatable bonds is 4. The predicted molar refractivity (Wildman–Crippen MR) is 106 cm³/mol. The maximum absolute atomic E-state index is 12.8. The van der Waals surface area contributed by atoms with Crippen molar-refractivity contribution in [3.8, 4) is 0 Å². The number of allylic oxidation sites excluding steroid dienone is 1. The predicted octanol–water partition coefficient (Wildman–Crippen LogP) is 3.58. The molecule has 2 aliphatic carbocycles. The lowest BCUT2D eigenvalue weighted by Crippen LogP contribution is -2.47. The average Bonchev–Trinajstić information content (AvgIpc) is 2.94. The number of carbonyl (C=O) groups excluding carboxylic acids is 2. The lowest BCUT2D eigenvalue weighted by Gasteiger charge is -2.50. The molecule has 2 saturated heterocycles. The Morgan fingerprint density at radius 3 is 3.00 bits per heavy atom. The number of nitrogens with zero attached hydrogens (tertiary/aromatic N) is 1. The van der Waals surface area contributed by atoms with Crippen LogP contribution in [0.25, 0.3) is 0 Å². The van der Waals surface area contributed by atoms with Crippen LogP contribution in [0.1, 0.15) is 58.8 Å². The molecule has 0 aromatic heterocycles. The highest BCUT2D eigenvalue weighted by molar-refractivity contribution is 5.76. The molecule has 5 nitrogen and oxygen atoms in total. The van der Waals surface area contributed by atoms with Gasteiger partial charge in [-0.2, -0.15) is 0 Å². The molecule has 4 rings (SSSR count). The summed E-state index contributed by atoms with van der Waals surface area (Å²) in [6.45, 7) is 11.4. The first-order chi connectivity index (χ1) is 13.4. The summed E-state index contributed by atoms with van der Waals surface area (Å²) in [6, 6.07) is 0. The molecule has 4 fully saturated rings. The number of ether oxygens (including phenoxy) is 2. The minimum Gasteiger partial charge on any atom is -0.466 e. The van der Waals surface area contributed by atoms with E-state index in [-0.39, 0.29) is 35.3 Å². The van der Waals surface area contributed by atoms with E-state index in [1.165, 1.54) is 18.4 Å². The Bertz CT molecular complexity index is 647. The Hall–Kier alpha value is -1.36. The van der Waals surface area contributed by atoms with E-state index in [0.29, 0.717) is 31.5 Å². The first-order valence-corrected chi connectivity index (χ1v) is 11.2. The highest BCUT2D eigenvalue weighted by Crippen LogP contribution is 2.57. The van der Waals surface area contributed by atoms with Crippen LogP contribution in [-0.2, 0) is 19.1 Å². The topological polar surface area (TPSA) is 55.8 Å². The summed E-state index contributed by atoms with van der Waals surface area (Å²) < 4.78 is 11.1. The first kappa shape index (κ1) is 19.9. The van der Waals surface area contributed by atoms with Crippen LogP contribution in [0.5, 0.6) is 0 Å². The molecular formula is C23H35NO4. The van der Waals surface area contributed by atoms with Crippen molar-refractivity contribution in [1.82, 2.24) is 4.90 Å². The second-order valence-corrected chi connectivity index (χ2v) is 9.75. The van der Waals surface area contributed by atoms with Gasteiger partial charge in [0.05, 0.1) is 18.4 Å². The summed E-state index contributed by atoms with van der Waals surface area (Å²) in [5.74, 6) is 0.573. The third kappa shape index (κ3) is 3.62. The highest BCUT2D eigenvalue weighted by Gasteiger charge is 2.55. The fourth-order valence-corrected chi connectivity index (χ4v) is 6.42. The molecule has 4 aliphatic rings. The molecule has 2 heterocycles. The van der Waals surface area contributed by atoms with Gasteiger partial charge in [0.25, 0.3) is 0 Å². The number of fused-ring (bicyclic) bond motifs is 2. The lowest BCUT2D eigenvalue weighted by atomic mass is 9.55. The zero-order valence-corrected chi connectivity index (χ0v) is 17.5. The largest absolute Gasteiger partial charge is 0.466 e. The zero-order chi connectivity index (χ0) is 19.9. The minimum atomic E-state index is -0.0917. The Labute approximate surface area is 168 Å². The molecule has 2 aliphatic heterocycles. The second kappa shape index (κ2) is 7.81. The number of hydrogen-bond acceptors (Lipinski definition) is 5. The average molecular weight is 390 g/mol. The molecule has 0 amide bonds. The maximum atomic E-state index is 12.8. The molecule has 0 aromatic carbocycles. The van der Waals surface area contributed by atoms with Crippen molar-refractivity contribution < 1.29 is 19.1 Å². The fraction of sp³-hybridized carbons (Fsp3) is 0.826. The van der Waals surface area contributed by atoms with Crippen molar-refractivity contribution in [2.75, 3.05) is 26.2 Å². The van der Waals surface area contributed by atoms with Crippen LogP contribution in [0, 0.1) is 29.1 Å². The van der Waals surface area contributed by atoms with E-state index in [2.05, 4.69) is 18.4 Å². The van der Waals surface area contributed by atoms with Crippen LogP contribution in [-0.4, -0.2) is 49.2 Å². The molecule has 0 aromatic rings. The molecule has 0 spiro atoms. The van der Waals surface area contributed by atoms with Crippen LogP contribution >= 0.6 is 0 Å². The zero-order valence-electron chi connectivity index (χ0n) is 17.5. The van der Waals surface area contributed by atoms with E-state index >= 15 is 0 Å². The number of hydrogen-bond donors (Lipinski definition) is 0. The summed E-state index contributed by atoms with van der Waals surface area (Å²) in [7, 11) is 0. The Kier molecular flexibility index (Phi) is 5.56. The van der Waals surface area contributed by atoms with E-state index in [1.54, 1.807) is 0 Å². The number of esters is 2. The van der Waals surface area contributed by atoms with Gasteiger partial charge in [0.1, 0.15) is 6.10 Å². The third-order valence-corrected chi connectivity index (χ3v) is 7.90. The van der Waals surface area contributed by atoms with Gasteiger partial charge in [-0.05, 0) is 69.7 Å². The van der Waals surface area contributed by atoms with Crippen LogP contribution < -0.4 is 0 Å². The van der Waals surface area contributed by atoms with Gasteiger partial charge in [-0.1, -0.05) is 19.1 Å². The van der Waals surface area contributed by atoms with Crippen molar-refractivity contribution in [2.45, 2.75) is 64.9 Å². The standard InChI is InChI=1S/C23H35NO4/c1-4-27-21(25)16-8-6-10-24(13-16)14-18-17-11-19-15(2)7-5-9-23(19,3)12-20(17)28-22(18)26/h16-20H,2,4-14H2,1,3H3/t16-,17+,18-,19+,20-,23-/m0/s1. The van der Waals surface area contributed by atoms with Crippen LogP contribution in [0.15, 0.2) is 12.2 Å². The minimum absolute atomic E-state index is 0.0267. The summed E-state index contributed by atoms with van der Waals surface area (Å²) >= 11 is 0. The third-order valence-electron chi connectivity index (χ3n) is 7.90. The van der Waals surface area contributed by atoms with Crippen molar-refractivity contribution in [1.29, 1.82) is 0 Å². The molecule has 6 atom stereocenters. The van der Waals surface area contributed by atoms with Crippen LogP contribution in [0.3, 0.4) is 0 Å². The number of carbonyl (C=O) groups is 2. The summed E-state index contributed by atoms with van der Waals surface area (Å²) in [5.41, 5.74) is 1.62. The maximum Gasteiger partial charge on any atom is 0.310 e. The van der Waals surface area contributed by atoms with Gasteiger partial charge >= 0.3 is 11.9 Å². The fourth-order valence-electron chi connectivity index (χ4n) is 6.42. The van der Waals surface area contributed by atoms with Gasteiger partial charge in [-0.15, -0.1) is 0 Å². The molecule has 2 saturated carbocycles. The quantitative estimate of drug-likeness (QED) is 0.543. The molecule has 0 unspecified atom stereocenters. The lowest BCUT2D eigenvalue weighted by molar-refractivity contribution is -0.150. The molecule has 28 heavy (non-hydrogen) atoms. The highest BCUT2D eigenvalue weighted by atomic mass is 16.6. The van der Waals surface area contributed by atoms with Crippen molar-refractivity contribution >= 4 is 11.9 Å². The Morgan fingerprint density at radius 1 is 1.39 bits per heavy atom. The van der Waals surface area contributed by atoms with Gasteiger partial charge < -0.3 is 14.4 Å². The molecule has 0 radical (unpaired) electrons. The van der Waals surface area contributed by atoms with Gasteiger partial charge in [0.15, 0.2) is 0 Å². The molecule has 156 valence electrons. The van der Waals surface area contributed by atoms with E-state index in [9.17, 15) is 9.59 Å².